The molecular formula is C14H15BrINO. The number of nitrogens with one attached hydrogen (secondary N) is 1. The summed E-state index contributed by atoms with van der Waals surface area (Å²) in [6.45, 7) is 0. The predicted molar refractivity (Wildman–Crippen MR) is 84.4 cm³/mol. The summed E-state index contributed by atoms with van der Waals surface area (Å²) in [5, 5.41) is 3.10. The topological polar surface area (TPSA) is 29.1 Å². The second-order valence-corrected chi connectivity index (χ2v) is 7.47. The number of fused-ring (bicyclic) bond motifs is 2. The van der Waals surface area contributed by atoms with Crippen LogP contribution in [0.2, 0.25) is 0 Å². The smallest absolute Gasteiger partial charge is 0.227 e. The van der Waals surface area contributed by atoms with Crippen LogP contribution in [0.1, 0.15) is 25.7 Å². The van der Waals surface area contributed by atoms with Crippen LogP contribution < -0.4 is 5.32 Å². The van der Waals surface area contributed by atoms with Gasteiger partial charge in [0, 0.05) is 14.0 Å². The minimum atomic E-state index is 0.221. The summed E-state index contributed by atoms with van der Waals surface area (Å²) in [7, 11) is 0. The number of halogens is 2. The summed E-state index contributed by atoms with van der Waals surface area (Å²) in [5.41, 5.74) is 0.928. The predicted octanol–water partition coefficient (Wildman–Crippen LogP) is 4.43. The van der Waals surface area contributed by atoms with Crippen molar-refractivity contribution in [2.75, 3.05) is 5.32 Å². The molecule has 3 atom stereocenters. The van der Waals surface area contributed by atoms with E-state index < -0.39 is 0 Å². The van der Waals surface area contributed by atoms with Crippen molar-refractivity contribution in [1.82, 2.24) is 0 Å². The van der Waals surface area contributed by atoms with Gasteiger partial charge in [-0.3, -0.25) is 4.79 Å². The Hall–Kier alpha value is -0.100. The molecule has 0 saturated heterocycles. The van der Waals surface area contributed by atoms with Gasteiger partial charge >= 0.3 is 0 Å². The van der Waals surface area contributed by atoms with Gasteiger partial charge in [-0.1, -0.05) is 22.4 Å². The SMILES string of the molecule is O=C(Nc1cc(Br)ccc1I)C1CC2CCC1C2. The molecule has 0 spiro atoms. The van der Waals surface area contributed by atoms with Gasteiger partial charge in [0.2, 0.25) is 5.91 Å². The highest BCUT2D eigenvalue weighted by atomic mass is 127. The molecule has 0 heterocycles. The summed E-state index contributed by atoms with van der Waals surface area (Å²) in [6.07, 6.45) is 4.95. The molecule has 2 fully saturated rings. The lowest BCUT2D eigenvalue weighted by molar-refractivity contribution is -0.121. The molecule has 1 aromatic carbocycles. The molecule has 0 aromatic heterocycles. The van der Waals surface area contributed by atoms with Crippen molar-refractivity contribution >= 4 is 50.1 Å². The highest BCUT2D eigenvalue weighted by molar-refractivity contribution is 14.1. The summed E-state index contributed by atoms with van der Waals surface area (Å²) >= 11 is 5.71. The van der Waals surface area contributed by atoms with Crippen molar-refractivity contribution in [1.29, 1.82) is 0 Å². The van der Waals surface area contributed by atoms with Gasteiger partial charge in [-0.05, 0) is 71.9 Å². The zero-order valence-electron chi connectivity index (χ0n) is 9.96. The lowest BCUT2D eigenvalue weighted by Crippen LogP contribution is -2.27. The van der Waals surface area contributed by atoms with Crippen LogP contribution in [0.4, 0.5) is 5.69 Å². The fraction of sp³-hybridized carbons (Fsp3) is 0.500. The minimum Gasteiger partial charge on any atom is -0.325 e. The Morgan fingerprint density at radius 2 is 2.17 bits per heavy atom. The maximum Gasteiger partial charge on any atom is 0.227 e. The van der Waals surface area contributed by atoms with Gasteiger partial charge in [-0.2, -0.15) is 0 Å². The highest BCUT2D eigenvalue weighted by Gasteiger charge is 2.43. The van der Waals surface area contributed by atoms with E-state index in [9.17, 15) is 4.79 Å². The van der Waals surface area contributed by atoms with E-state index in [1.54, 1.807) is 0 Å². The molecule has 2 saturated carbocycles. The first kappa shape index (κ1) is 12.9. The molecule has 2 bridgehead atoms. The number of carbonyl (C=O) groups is 1. The number of anilines is 1. The molecule has 3 unspecified atom stereocenters. The highest BCUT2D eigenvalue weighted by Crippen LogP contribution is 2.48. The van der Waals surface area contributed by atoms with Crippen LogP contribution in [0.25, 0.3) is 0 Å². The Morgan fingerprint density at radius 1 is 1.33 bits per heavy atom. The van der Waals surface area contributed by atoms with Crippen LogP contribution in [0.5, 0.6) is 0 Å². The molecule has 2 aliphatic rings. The summed E-state index contributed by atoms with van der Waals surface area (Å²) in [5.74, 6) is 1.92. The van der Waals surface area contributed by atoms with Crippen LogP contribution in [0.3, 0.4) is 0 Å². The minimum absolute atomic E-state index is 0.221. The zero-order valence-corrected chi connectivity index (χ0v) is 13.7. The number of rotatable bonds is 2. The monoisotopic (exact) mass is 419 g/mol. The number of hydrogen-bond donors (Lipinski definition) is 1. The Kier molecular flexibility index (Phi) is 3.67. The summed E-state index contributed by atoms with van der Waals surface area (Å²) in [6, 6.07) is 5.99. The molecule has 0 radical (unpaired) electrons. The molecule has 1 aromatic rings. The standard InChI is InChI=1S/C14H15BrINO/c15-10-3-4-12(16)13(7-10)17-14(18)11-6-8-1-2-9(11)5-8/h3-4,7-9,11H,1-2,5-6H2,(H,17,18). The van der Waals surface area contributed by atoms with Crippen LogP contribution in [0.15, 0.2) is 22.7 Å². The van der Waals surface area contributed by atoms with E-state index in [-0.39, 0.29) is 11.8 Å². The van der Waals surface area contributed by atoms with Crippen molar-refractivity contribution in [2.45, 2.75) is 25.7 Å². The van der Waals surface area contributed by atoms with E-state index in [0.29, 0.717) is 5.92 Å². The number of hydrogen-bond acceptors (Lipinski definition) is 1. The number of benzene rings is 1. The van der Waals surface area contributed by atoms with E-state index in [1.807, 2.05) is 18.2 Å². The van der Waals surface area contributed by atoms with Gasteiger partial charge in [0.25, 0.3) is 0 Å². The van der Waals surface area contributed by atoms with Gasteiger partial charge in [-0.25, -0.2) is 0 Å². The maximum absolute atomic E-state index is 12.3. The van der Waals surface area contributed by atoms with Crippen molar-refractivity contribution in [2.24, 2.45) is 17.8 Å². The van der Waals surface area contributed by atoms with Crippen LogP contribution in [-0.2, 0) is 4.79 Å². The van der Waals surface area contributed by atoms with E-state index in [0.717, 1.165) is 26.1 Å². The molecule has 1 N–H and O–H groups in total. The van der Waals surface area contributed by atoms with Gasteiger partial charge < -0.3 is 5.32 Å². The van der Waals surface area contributed by atoms with Gasteiger partial charge in [0.15, 0.2) is 0 Å². The third kappa shape index (κ3) is 2.46. The molecule has 18 heavy (non-hydrogen) atoms. The Balaban J connectivity index is 1.72. The first-order valence-corrected chi connectivity index (χ1v) is 8.26. The summed E-state index contributed by atoms with van der Waals surface area (Å²) < 4.78 is 2.10. The van der Waals surface area contributed by atoms with Gasteiger partial charge in [-0.15, -0.1) is 0 Å². The molecule has 2 nitrogen and oxygen atoms in total. The summed E-state index contributed by atoms with van der Waals surface area (Å²) in [4.78, 5) is 12.3. The Bertz CT molecular complexity index is 491. The third-order valence-electron chi connectivity index (χ3n) is 4.26. The second-order valence-electron chi connectivity index (χ2n) is 5.39. The molecule has 4 heteroatoms. The first-order chi connectivity index (χ1) is 8.63. The van der Waals surface area contributed by atoms with Gasteiger partial charge in [0.1, 0.15) is 0 Å². The van der Waals surface area contributed by atoms with E-state index in [4.69, 9.17) is 0 Å². The van der Waals surface area contributed by atoms with Crippen molar-refractivity contribution in [3.63, 3.8) is 0 Å². The van der Waals surface area contributed by atoms with Crippen molar-refractivity contribution < 1.29 is 4.79 Å². The van der Waals surface area contributed by atoms with Crippen LogP contribution >= 0.6 is 38.5 Å². The molecule has 0 aliphatic heterocycles. The number of carbonyl (C=O) groups excluding carboxylic acids is 1. The largest absolute Gasteiger partial charge is 0.325 e. The van der Waals surface area contributed by atoms with Crippen molar-refractivity contribution in [3.8, 4) is 0 Å². The lowest BCUT2D eigenvalue weighted by Gasteiger charge is -2.21. The third-order valence-corrected chi connectivity index (χ3v) is 5.70. The fourth-order valence-electron chi connectivity index (χ4n) is 3.38. The number of amides is 1. The average Bonchev–Trinajstić information content (AvgIpc) is 2.96. The molecular weight excluding hydrogens is 405 g/mol. The molecule has 2 aliphatic carbocycles. The molecule has 96 valence electrons. The lowest BCUT2D eigenvalue weighted by atomic mass is 9.88. The second kappa shape index (κ2) is 5.12. The molecule has 3 rings (SSSR count). The van der Waals surface area contributed by atoms with E-state index >= 15 is 0 Å². The average molecular weight is 420 g/mol. The van der Waals surface area contributed by atoms with Crippen LogP contribution in [0, 0.1) is 21.3 Å². The van der Waals surface area contributed by atoms with Gasteiger partial charge in [0.05, 0.1) is 5.69 Å². The van der Waals surface area contributed by atoms with Crippen molar-refractivity contribution in [3.05, 3.63) is 26.2 Å². The van der Waals surface area contributed by atoms with E-state index in [2.05, 4.69) is 43.8 Å². The molecule has 1 amide bonds. The maximum atomic E-state index is 12.3. The quantitative estimate of drug-likeness (QED) is 0.706. The Morgan fingerprint density at radius 3 is 2.83 bits per heavy atom. The van der Waals surface area contributed by atoms with E-state index in [1.165, 1.54) is 19.3 Å². The van der Waals surface area contributed by atoms with Crippen LogP contribution in [-0.4, -0.2) is 5.91 Å². The first-order valence-electron chi connectivity index (χ1n) is 6.39. The zero-order chi connectivity index (χ0) is 12.7. The Labute approximate surface area is 129 Å². The fourth-order valence-corrected chi connectivity index (χ4v) is 4.22. The normalized spacial score (nSPS) is 29.6.